The van der Waals surface area contributed by atoms with Gasteiger partial charge in [0.05, 0.1) is 0 Å². The van der Waals surface area contributed by atoms with Gasteiger partial charge in [0, 0.05) is 12.6 Å². The van der Waals surface area contributed by atoms with E-state index in [9.17, 15) is 4.79 Å². The van der Waals surface area contributed by atoms with E-state index in [2.05, 4.69) is 6.92 Å². The number of amides is 1. The van der Waals surface area contributed by atoms with E-state index in [0.717, 1.165) is 13.0 Å². The lowest BCUT2D eigenvalue weighted by Gasteiger charge is -2.20. The van der Waals surface area contributed by atoms with Crippen LogP contribution in [0.3, 0.4) is 0 Å². The monoisotopic (exact) mass is 128 g/mol. The van der Waals surface area contributed by atoms with Crippen LogP contribution in [0.5, 0.6) is 0 Å². The van der Waals surface area contributed by atoms with Gasteiger partial charge in [-0.3, -0.25) is 4.79 Å². The Morgan fingerprint density at radius 1 is 1.56 bits per heavy atom. The van der Waals surface area contributed by atoms with Crippen molar-refractivity contribution in [3.63, 3.8) is 0 Å². The first kappa shape index (κ1) is 8.47. The molecule has 0 fully saturated rings. The molecule has 1 unspecified atom stereocenters. The molecule has 2 heteroatoms. The van der Waals surface area contributed by atoms with Crippen LogP contribution in [0.25, 0.3) is 0 Å². The molecule has 9 heavy (non-hydrogen) atoms. The molecule has 0 N–H and O–H groups in total. The van der Waals surface area contributed by atoms with Crippen molar-refractivity contribution in [3.05, 3.63) is 0 Å². The number of carbonyl (C=O) groups excluding carboxylic acids is 1. The maximum Gasteiger partial charge on any atom is 0.312 e. The summed E-state index contributed by atoms with van der Waals surface area (Å²) in [5.74, 6) is 0. The van der Waals surface area contributed by atoms with Gasteiger partial charge in [-0.1, -0.05) is 6.92 Å². The highest BCUT2D eigenvalue weighted by molar-refractivity contribution is 5.48. The molecule has 0 aliphatic rings. The smallest absolute Gasteiger partial charge is 0.312 e. The lowest BCUT2D eigenvalue weighted by atomic mass is 10.2. The van der Waals surface area contributed by atoms with Crippen LogP contribution < -0.4 is 0 Å². The van der Waals surface area contributed by atoms with E-state index in [1.807, 2.05) is 20.3 Å². The first-order chi connectivity index (χ1) is 4.26. The second-order valence-corrected chi connectivity index (χ2v) is 2.13. The molecule has 0 spiro atoms. The maximum absolute atomic E-state index is 10.1. The second kappa shape index (κ2) is 4.36. The lowest BCUT2D eigenvalue weighted by molar-refractivity contribution is 0.315. The quantitative estimate of drug-likeness (QED) is 0.520. The third-order valence-electron chi connectivity index (χ3n) is 1.58. The van der Waals surface area contributed by atoms with Crippen molar-refractivity contribution < 1.29 is 4.79 Å². The van der Waals surface area contributed by atoms with Gasteiger partial charge in [0.15, 0.2) is 0 Å². The van der Waals surface area contributed by atoms with Crippen LogP contribution in [0.1, 0.15) is 27.2 Å². The van der Waals surface area contributed by atoms with Gasteiger partial charge in [-0.05, 0) is 20.3 Å². The molecule has 0 aromatic rings. The van der Waals surface area contributed by atoms with E-state index in [1.54, 1.807) is 4.90 Å². The van der Waals surface area contributed by atoms with Crippen LogP contribution in [0.4, 0.5) is 0 Å². The van der Waals surface area contributed by atoms with Crippen molar-refractivity contribution >= 4 is 6.41 Å². The highest BCUT2D eigenvalue weighted by atomic mass is 16.1. The minimum absolute atomic E-state index is 0.340. The summed E-state index contributed by atoms with van der Waals surface area (Å²) in [6, 6.07) is 0.340. The Labute approximate surface area is 56.9 Å². The normalized spacial score (nSPS) is 12.8. The van der Waals surface area contributed by atoms with Gasteiger partial charge in [-0.15, -0.1) is 0 Å². The van der Waals surface area contributed by atoms with Gasteiger partial charge >= 0.3 is 6.41 Å². The van der Waals surface area contributed by atoms with E-state index < -0.39 is 0 Å². The zero-order chi connectivity index (χ0) is 7.28. The molecule has 0 saturated heterocycles. The summed E-state index contributed by atoms with van der Waals surface area (Å²) in [6.45, 7) is 6.80. The standard InChI is InChI=1S/C7H14NO/c1-4-7(3)8(5-2)6-9/h7H,4-5H2,1-3H3. The molecule has 0 aliphatic carbocycles. The van der Waals surface area contributed by atoms with E-state index in [-0.39, 0.29) is 0 Å². The fraction of sp³-hybridized carbons (Fsp3) is 0.857. The summed E-state index contributed by atoms with van der Waals surface area (Å²) >= 11 is 0. The molecular weight excluding hydrogens is 114 g/mol. The zero-order valence-corrected chi connectivity index (χ0v) is 6.35. The Bertz CT molecular complexity index is 83.0. The Morgan fingerprint density at radius 2 is 2.11 bits per heavy atom. The van der Waals surface area contributed by atoms with Crippen molar-refractivity contribution in [1.82, 2.24) is 4.90 Å². The molecule has 1 radical (unpaired) electrons. The van der Waals surface area contributed by atoms with Crippen LogP contribution in [0, 0.1) is 0 Å². The lowest BCUT2D eigenvalue weighted by Crippen LogP contribution is -2.30. The number of nitrogens with zero attached hydrogens (tertiary/aromatic N) is 1. The minimum Gasteiger partial charge on any atom is -0.332 e. The van der Waals surface area contributed by atoms with Gasteiger partial charge < -0.3 is 4.90 Å². The van der Waals surface area contributed by atoms with Crippen LogP contribution in [0.15, 0.2) is 0 Å². The average molecular weight is 128 g/mol. The first-order valence-electron chi connectivity index (χ1n) is 3.40. The highest BCUT2D eigenvalue weighted by Crippen LogP contribution is 1.98. The first-order valence-corrected chi connectivity index (χ1v) is 3.40. The van der Waals surface area contributed by atoms with E-state index in [0.29, 0.717) is 6.04 Å². The summed E-state index contributed by atoms with van der Waals surface area (Å²) in [7, 11) is 0. The van der Waals surface area contributed by atoms with Crippen LogP contribution in [-0.4, -0.2) is 23.9 Å². The maximum atomic E-state index is 10.1. The van der Waals surface area contributed by atoms with Crippen LogP contribution in [0.2, 0.25) is 0 Å². The van der Waals surface area contributed by atoms with Gasteiger partial charge in [0.25, 0.3) is 0 Å². The van der Waals surface area contributed by atoms with Gasteiger partial charge in [0.1, 0.15) is 0 Å². The van der Waals surface area contributed by atoms with Gasteiger partial charge in [0.2, 0.25) is 0 Å². The van der Waals surface area contributed by atoms with E-state index in [4.69, 9.17) is 0 Å². The fourth-order valence-corrected chi connectivity index (χ4v) is 0.687. The Balaban J connectivity index is 3.63. The molecule has 0 saturated carbocycles. The van der Waals surface area contributed by atoms with E-state index >= 15 is 0 Å². The van der Waals surface area contributed by atoms with Crippen molar-refractivity contribution in [1.29, 1.82) is 0 Å². The average Bonchev–Trinajstić information content (AvgIpc) is 1.90. The van der Waals surface area contributed by atoms with Gasteiger partial charge in [-0.2, -0.15) is 0 Å². The summed E-state index contributed by atoms with van der Waals surface area (Å²) < 4.78 is 0. The Morgan fingerprint density at radius 3 is 2.22 bits per heavy atom. The summed E-state index contributed by atoms with van der Waals surface area (Å²) in [5.41, 5.74) is 0. The molecule has 2 nitrogen and oxygen atoms in total. The molecule has 53 valence electrons. The largest absolute Gasteiger partial charge is 0.332 e. The van der Waals surface area contributed by atoms with Crippen LogP contribution in [-0.2, 0) is 4.79 Å². The van der Waals surface area contributed by atoms with Crippen molar-refractivity contribution in [2.45, 2.75) is 33.2 Å². The third-order valence-corrected chi connectivity index (χ3v) is 1.58. The van der Waals surface area contributed by atoms with Crippen molar-refractivity contribution in [2.24, 2.45) is 0 Å². The number of hydrogen-bond donors (Lipinski definition) is 0. The van der Waals surface area contributed by atoms with Crippen molar-refractivity contribution in [3.8, 4) is 0 Å². The van der Waals surface area contributed by atoms with Crippen molar-refractivity contribution in [2.75, 3.05) is 6.54 Å². The summed E-state index contributed by atoms with van der Waals surface area (Å²) in [6.07, 6.45) is 2.89. The third kappa shape index (κ3) is 2.49. The number of rotatable bonds is 4. The molecule has 0 rings (SSSR count). The van der Waals surface area contributed by atoms with Crippen LogP contribution >= 0.6 is 0 Å². The van der Waals surface area contributed by atoms with Gasteiger partial charge in [-0.25, -0.2) is 0 Å². The Kier molecular flexibility index (Phi) is 4.10. The predicted molar refractivity (Wildman–Crippen MR) is 37.8 cm³/mol. The summed E-state index contributed by atoms with van der Waals surface area (Å²) in [4.78, 5) is 11.8. The second-order valence-electron chi connectivity index (χ2n) is 2.13. The minimum atomic E-state index is 0.340. The molecule has 0 bridgehead atoms. The molecule has 0 aromatic carbocycles. The molecule has 1 amide bonds. The molecular formula is C7H14NO. The SMILES string of the molecule is CCC(C)N([C]=O)CC. The summed E-state index contributed by atoms with van der Waals surface area (Å²) in [5, 5.41) is 0. The molecule has 1 atom stereocenters. The zero-order valence-electron chi connectivity index (χ0n) is 6.35. The molecule has 0 aromatic heterocycles. The predicted octanol–water partition coefficient (Wildman–Crippen LogP) is 1.17. The molecule has 0 aliphatic heterocycles. The Hall–Kier alpha value is -0.530. The number of hydrogen-bond acceptors (Lipinski definition) is 1. The highest BCUT2D eigenvalue weighted by Gasteiger charge is 2.05. The fourth-order valence-electron chi connectivity index (χ4n) is 0.687. The topological polar surface area (TPSA) is 20.3 Å². The molecule has 0 heterocycles. The van der Waals surface area contributed by atoms with E-state index in [1.165, 1.54) is 0 Å².